The second kappa shape index (κ2) is 9.68. The van der Waals surface area contributed by atoms with E-state index in [1.54, 1.807) is 12.1 Å². The van der Waals surface area contributed by atoms with E-state index in [1.807, 2.05) is 0 Å². The summed E-state index contributed by atoms with van der Waals surface area (Å²) in [5, 5.41) is 24.0. The zero-order chi connectivity index (χ0) is 20.2. The van der Waals surface area contributed by atoms with Crippen molar-refractivity contribution in [2.24, 2.45) is 0 Å². The van der Waals surface area contributed by atoms with Crippen molar-refractivity contribution in [2.45, 2.75) is 43.2 Å². The fraction of sp³-hybridized carbons (Fsp3) is 0.714. The van der Waals surface area contributed by atoms with Crippen LogP contribution in [0, 0.1) is 5.82 Å². The van der Waals surface area contributed by atoms with Crippen LogP contribution in [0.15, 0.2) is 24.3 Å². The fourth-order valence-corrected chi connectivity index (χ4v) is 4.71. The molecule has 3 aliphatic heterocycles. The van der Waals surface area contributed by atoms with Gasteiger partial charge in [0.2, 0.25) is 0 Å². The molecular formula is C21H32FN3O4. The minimum absolute atomic E-state index is 0.144. The number of halogens is 1. The highest BCUT2D eigenvalue weighted by Gasteiger charge is 2.46. The standard InChI is InChI=1S/C21H32FN3O4/c22-15-1-3-17(4-2-15)24-7-9-25(10-8-24)20-18(29-19(14-26)21(20)27)13-23-16-5-11-28-12-6-16/h1-4,16,18-21,23,26-27H,5-14H2/t18-,19+,20+,21-/m1/s1. The molecule has 7 nitrogen and oxygen atoms in total. The summed E-state index contributed by atoms with van der Waals surface area (Å²) in [4.78, 5) is 4.51. The quantitative estimate of drug-likeness (QED) is 0.620. The number of nitrogens with zero attached hydrogens (tertiary/aromatic N) is 2. The summed E-state index contributed by atoms with van der Waals surface area (Å²) in [5.41, 5.74) is 1.01. The number of ether oxygens (including phenoxy) is 2. The van der Waals surface area contributed by atoms with E-state index < -0.39 is 12.2 Å². The topological polar surface area (TPSA) is 77.4 Å². The van der Waals surface area contributed by atoms with Crippen molar-refractivity contribution >= 4 is 5.69 Å². The van der Waals surface area contributed by atoms with E-state index in [0.717, 1.165) is 57.9 Å². The number of hydrogen-bond acceptors (Lipinski definition) is 7. The highest BCUT2D eigenvalue weighted by atomic mass is 19.1. The third-order valence-corrected chi connectivity index (χ3v) is 6.40. The second-order valence-corrected chi connectivity index (χ2v) is 8.17. The van der Waals surface area contributed by atoms with Gasteiger partial charge >= 0.3 is 0 Å². The maximum absolute atomic E-state index is 13.2. The van der Waals surface area contributed by atoms with Gasteiger partial charge in [0.25, 0.3) is 0 Å². The van der Waals surface area contributed by atoms with Crippen LogP contribution in [0.25, 0.3) is 0 Å². The maximum atomic E-state index is 13.2. The first-order chi connectivity index (χ1) is 14.2. The van der Waals surface area contributed by atoms with Crippen LogP contribution < -0.4 is 10.2 Å². The molecule has 4 rings (SSSR count). The van der Waals surface area contributed by atoms with Crippen molar-refractivity contribution in [2.75, 3.05) is 57.4 Å². The van der Waals surface area contributed by atoms with Crippen molar-refractivity contribution < 1.29 is 24.1 Å². The second-order valence-electron chi connectivity index (χ2n) is 8.17. The van der Waals surface area contributed by atoms with Crippen molar-refractivity contribution in [3.8, 4) is 0 Å². The molecule has 3 fully saturated rings. The summed E-state index contributed by atoms with van der Waals surface area (Å²) in [6, 6.07) is 6.85. The minimum atomic E-state index is -0.709. The van der Waals surface area contributed by atoms with Gasteiger partial charge in [0, 0.05) is 57.7 Å². The average molecular weight is 410 g/mol. The molecule has 162 valence electrons. The van der Waals surface area contributed by atoms with Crippen LogP contribution in [-0.4, -0.2) is 98.1 Å². The number of aliphatic hydroxyl groups excluding tert-OH is 2. The van der Waals surface area contributed by atoms with Crippen LogP contribution in [0.3, 0.4) is 0 Å². The molecular weight excluding hydrogens is 377 g/mol. The lowest BCUT2D eigenvalue weighted by molar-refractivity contribution is -0.0229. The molecule has 0 radical (unpaired) electrons. The molecule has 0 spiro atoms. The maximum Gasteiger partial charge on any atom is 0.123 e. The molecule has 3 N–H and O–H groups in total. The smallest absolute Gasteiger partial charge is 0.123 e. The molecule has 3 heterocycles. The Bertz CT molecular complexity index is 635. The highest BCUT2D eigenvalue weighted by Crippen LogP contribution is 2.28. The number of benzene rings is 1. The molecule has 0 amide bonds. The van der Waals surface area contributed by atoms with E-state index >= 15 is 0 Å². The van der Waals surface area contributed by atoms with Gasteiger partial charge in [0.15, 0.2) is 0 Å². The Labute approximate surface area is 171 Å². The van der Waals surface area contributed by atoms with Crippen LogP contribution in [0.4, 0.5) is 10.1 Å². The predicted molar refractivity (Wildman–Crippen MR) is 108 cm³/mol. The summed E-state index contributed by atoms with van der Waals surface area (Å²) in [6.07, 6.45) is 0.553. The highest BCUT2D eigenvalue weighted by molar-refractivity contribution is 5.46. The summed E-state index contributed by atoms with van der Waals surface area (Å²) in [7, 11) is 0. The van der Waals surface area contributed by atoms with Crippen molar-refractivity contribution in [3.63, 3.8) is 0 Å². The van der Waals surface area contributed by atoms with Gasteiger partial charge in [-0.05, 0) is 37.1 Å². The van der Waals surface area contributed by atoms with Gasteiger partial charge in [-0.25, -0.2) is 4.39 Å². The predicted octanol–water partition coefficient (Wildman–Crippen LogP) is 0.206. The van der Waals surface area contributed by atoms with Crippen LogP contribution in [0.5, 0.6) is 0 Å². The normalized spacial score (nSPS) is 32.0. The molecule has 0 bridgehead atoms. The molecule has 3 saturated heterocycles. The van der Waals surface area contributed by atoms with E-state index in [4.69, 9.17) is 9.47 Å². The molecule has 1 aromatic carbocycles. The first-order valence-electron chi connectivity index (χ1n) is 10.7. The van der Waals surface area contributed by atoms with Crippen LogP contribution in [0.2, 0.25) is 0 Å². The molecule has 1 aromatic rings. The van der Waals surface area contributed by atoms with Gasteiger partial charge in [-0.2, -0.15) is 0 Å². The van der Waals surface area contributed by atoms with Gasteiger partial charge < -0.3 is 29.9 Å². The molecule has 29 heavy (non-hydrogen) atoms. The van der Waals surface area contributed by atoms with Crippen LogP contribution in [-0.2, 0) is 9.47 Å². The molecule has 0 aromatic heterocycles. The Morgan fingerprint density at radius 1 is 1.03 bits per heavy atom. The third kappa shape index (κ3) is 4.90. The van der Waals surface area contributed by atoms with Gasteiger partial charge in [-0.1, -0.05) is 0 Å². The summed E-state index contributed by atoms with van der Waals surface area (Å²) in [6.45, 7) is 5.21. The molecule has 8 heteroatoms. The number of rotatable bonds is 6. The lowest BCUT2D eigenvalue weighted by Crippen LogP contribution is -2.57. The number of hydrogen-bond donors (Lipinski definition) is 3. The molecule has 0 saturated carbocycles. The lowest BCUT2D eigenvalue weighted by Gasteiger charge is -2.41. The van der Waals surface area contributed by atoms with Crippen molar-refractivity contribution in [1.29, 1.82) is 0 Å². The Hall–Kier alpha value is -1.29. The van der Waals surface area contributed by atoms with Gasteiger partial charge in [0.1, 0.15) is 18.0 Å². The largest absolute Gasteiger partial charge is 0.394 e. The molecule has 4 atom stereocenters. The average Bonchev–Trinajstić information content (AvgIpc) is 3.09. The van der Waals surface area contributed by atoms with E-state index in [9.17, 15) is 14.6 Å². The Balaban J connectivity index is 1.36. The zero-order valence-corrected chi connectivity index (χ0v) is 16.8. The van der Waals surface area contributed by atoms with E-state index in [1.165, 1.54) is 12.1 Å². The molecule has 3 aliphatic rings. The number of piperazine rings is 1. The molecule has 0 unspecified atom stereocenters. The Kier molecular flexibility index (Phi) is 7.00. The zero-order valence-electron chi connectivity index (χ0n) is 16.8. The summed E-state index contributed by atoms with van der Waals surface area (Å²) < 4.78 is 24.6. The number of aliphatic hydroxyl groups is 2. The lowest BCUT2D eigenvalue weighted by atomic mass is 10.0. The summed E-state index contributed by atoms with van der Waals surface area (Å²) in [5.74, 6) is -0.228. The third-order valence-electron chi connectivity index (χ3n) is 6.40. The van der Waals surface area contributed by atoms with Crippen LogP contribution in [0.1, 0.15) is 12.8 Å². The Morgan fingerprint density at radius 3 is 2.38 bits per heavy atom. The van der Waals surface area contributed by atoms with Crippen molar-refractivity contribution in [1.82, 2.24) is 10.2 Å². The number of nitrogens with one attached hydrogen (secondary N) is 1. The first kappa shape index (κ1) is 21.0. The van der Waals surface area contributed by atoms with Gasteiger partial charge in [-0.15, -0.1) is 0 Å². The van der Waals surface area contributed by atoms with Gasteiger partial charge in [-0.3, -0.25) is 4.90 Å². The van der Waals surface area contributed by atoms with Crippen LogP contribution >= 0.6 is 0 Å². The first-order valence-corrected chi connectivity index (χ1v) is 10.7. The monoisotopic (exact) mass is 409 g/mol. The van der Waals surface area contributed by atoms with Crippen molar-refractivity contribution in [3.05, 3.63) is 30.1 Å². The number of anilines is 1. The van der Waals surface area contributed by atoms with Gasteiger partial charge in [0.05, 0.1) is 18.8 Å². The fourth-order valence-electron chi connectivity index (χ4n) is 4.71. The van der Waals surface area contributed by atoms with E-state index in [0.29, 0.717) is 12.6 Å². The Morgan fingerprint density at radius 2 is 1.72 bits per heavy atom. The minimum Gasteiger partial charge on any atom is -0.394 e. The van der Waals surface area contributed by atoms with E-state index in [-0.39, 0.29) is 24.6 Å². The summed E-state index contributed by atoms with van der Waals surface area (Å²) >= 11 is 0. The van der Waals surface area contributed by atoms with E-state index in [2.05, 4.69) is 15.1 Å². The molecule has 0 aliphatic carbocycles. The SMILES string of the molecule is OC[C@@H]1O[C@H](CNC2CCOCC2)[C@H](N2CCN(c3ccc(F)cc3)CC2)[C@@H]1O.